The summed E-state index contributed by atoms with van der Waals surface area (Å²) in [4.78, 5) is 12.0. The molecule has 0 bridgehead atoms. The number of nitrogens with zero attached hydrogens (tertiary/aromatic N) is 1. The molecule has 1 heterocycles. The van der Waals surface area contributed by atoms with E-state index in [1.54, 1.807) is 0 Å². The molecular weight excluding hydrogens is 292 g/mol. The summed E-state index contributed by atoms with van der Waals surface area (Å²) >= 11 is 0. The van der Waals surface area contributed by atoms with E-state index in [0.29, 0.717) is 0 Å². The highest BCUT2D eigenvalue weighted by Gasteiger charge is 2.23. The minimum atomic E-state index is -3.65. The zero-order valence-corrected chi connectivity index (χ0v) is 13.9. The summed E-state index contributed by atoms with van der Waals surface area (Å²) in [6.45, 7) is 4.05. The molecule has 0 aliphatic carbocycles. The van der Waals surface area contributed by atoms with Crippen molar-refractivity contribution in [3.8, 4) is 0 Å². The van der Waals surface area contributed by atoms with E-state index in [1.807, 2.05) is 6.92 Å². The number of unbranched alkanes of at least 4 members (excludes halogenated alkanes) is 2. The SMILES string of the molecule is CCCCC[C@@H](C)NC(=O)c1ccc(S(=O)(=O)N(C)C)o1. The van der Waals surface area contributed by atoms with E-state index in [4.69, 9.17) is 4.42 Å². The Morgan fingerprint density at radius 1 is 1.33 bits per heavy atom. The van der Waals surface area contributed by atoms with Crippen LogP contribution in [0.5, 0.6) is 0 Å². The fraction of sp³-hybridized carbons (Fsp3) is 0.643. The minimum Gasteiger partial charge on any atom is -0.438 e. The molecule has 7 heteroatoms. The van der Waals surface area contributed by atoms with Gasteiger partial charge in [-0.05, 0) is 25.5 Å². The second-order valence-corrected chi connectivity index (χ2v) is 7.36. The quantitative estimate of drug-likeness (QED) is 0.746. The summed E-state index contributed by atoms with van der Waals surface area (Å²) in [5, 5.41) is 2.58. The van der Waals surface area contributed by atoms with Gasteiger partial charge in [-0.1, -0.05) is 26.2 Å². The molecular formula is C14H24N2O4S. The summed E-state index contributed by atoms with van der Waals surface area (Å²) in [7, 11) is -0.829. The summed E-state index contributed by atoms with van der Waals surface area (Å²) in [6, 6.07) is 2.71. The second-order valence-electron chi connectivity index (χ2n) is 5.28. The number of hydrogen-bond donors (Lipinski definition) is 1. The van der Waals surface area contributed by atoms with Crippen LogP contribution >= 0.6 is 0 Å². The molecule has 1 rings (SSSR count). The van der Waals surface area contributed by atoms with Crippen LogP contribution in [0.25, 0.3) is 0 Å². The van der Waals surface area contributed by atoms with Gasteiger partial charge in [0.25, 0.3) is 15.9 Å². The van der Waals surface area contributed by atoms with Crippen LogP contribution in [0, 0.1) is 0 Å². The highest BCUT2D eigenvalue weighted by atomic mass is 32.2. The van der Waals surface area contributed by atoms with Gasteiger partial charge in [-0.15, -0.1) is 0 Å². The lowest BCUT2D eigenvalue weighted by molar-refractivity contribution is 0.0904. The Morgan fingerprint density at radius 3 is 2.57 bits per heavy atom. The van der Waals surface area contributed by atoms with Crippen molar-refractivity contribution in [2.75, 3.05) is 14.1 Å². The molecule has 0 aliphatic heterocycles. The Hall–Kier alpha value is -1.34. The normalized spacial score (nSPS) is 13.4. The van der Waals surface area contributed by atoms with E-state index in [9.17, 15) is 13.2 Å². The molecule has 1 amide bonds. The van der Waals surface area contributed by atoms with E-state index >= 15 is 0 Å². The van der Waals surface area contributed by atoms with E-state index in [1.165, 1.54) is 26.2 Å². The molecule has 0 saturated carbocycles. The van der Waals surface area contributed by atoms with Crippen LogP contribution in [0.15, 0.2) is 21.6 Å². The first kappa shape index (κ1) is 17.7. The predicted octanol–water partition coefficient (Wildman–Crippen LogP) is 2.23. The molecule has 0 aliphatic rings. The smallest absolute Gasteiger partial charge is 0.287 e. The molecule has 0 unspecified atom stereocenters. The number of amides is 1. The van der Waals surface area contributed by atoms with Gasteiger partial charge < -0.3 is 9.73 Å². The maximum Gasteiger partial charge on any atom is 0.287 e. The van der Waals surface area contributed by atoms with Gasteiger partial charge in [0, 0.05) is 20.1 Å². The zero-order chi connectivity index (χ0) is 16.0. The number of carbonyl (C=O) groups excluding carboxylic acids is 1. The fourth-order valence-corrected chi connectivity index (χ4v) is 2.62. The molecule has 6 nitrogen and oxygen atoms in total. The summed E-state index contributed by atoms with van der Waals surface area (Å²) in [6.07, 6.45) is 4.20. The van der Waals surface area contributed by atoms with Crippen LogP contribution in [-0.4, -0.2) is 38.8 Å². The van der Waals surface area contributed by atoms with Crippen molar-refractivity contribution in [1.29, 1.82) is 0 Å². The van der Waals surface area contributed by atoms with Crippen LogP contribution in [-0.2, 0) is 10.0 Å². The van der Waals surface area contributed by atoms with E-state index in [0.717, 1.165) is 30.0 Å². The molecule has 1 N–H and O–H groups in total. The predicted molar refractivity (Wildman–Crippen MR) is 80.7 cm³/mol. The molecule has 120 valence electrons. The van der Waals surface area contributed by atoms with E-state index < -0.39 is 10.0 Å². The third-order valence-electron chi connectivity index (χ3n) is 3.16. The highest BCUT2D eigenvalue weighted by Crippen LogP contribution is 2.17. The van der Waals surface area contributed by atoms with Crippen LogP contribution in [0.2, 0.25) is 0 Å². The largest absolute Gasteiger partial charge is 0.438 e. The van der Waals surface area contributed by atoms with Gasteiger partial charge >= 0.3 is 0 Å². The molecule has 0 aromatic carbocycles. The molecule has 0 saturated heterocycles. The monoisotopic (exact) mass is 316 g/mol. The average Bonchev–Trinajstić information content (AvgIpc) is 2.89. The van der Waals surface area contributed by atoms with Gasteiger partial charge in [0.1, 0.15) is 0 Å². The Balaban J connectivity index is 2.67. The first-order valence-electron chi connectivity index (χ1n) is 7.12. The topological polar surface area (TPSA) is 79.6 Å². The lowest BCUT2D eigenvalue weighted by Crippen LogP contribution is -2.32. The maximum absolute atomic E-state index is 12.0. The van der Waals surface area contributed by atoms with Gasteiger partial charge in [0.2, 0.25) is 5.09 Å². The van der Waals surface area contributed by atoms with Crippen LogP contribution < -0.4 is 5.32 Å². The number of hydrogen-bond acceptors (Lipinski definition) is 4. The maximum atomic E-state index is 12.0. The van der Waals surface area contributed by atoms with Crippen molar-refractivity contribution < 1.29 is 17.6 Å². The standard InChI is InChI=1S/C14H24N2O4S/c1-5-6-7-8-11(2)15-14(17)12-9-10-13(20-12)21(18,19)16(3)4/h9-11H,5-8H2,1-4H3,(H,15,17)/t11-/m1/s1. The fourth-order valence-electron chi connectivity index (χ4n) is 1.83. The van der Waals surface area contributed by atoms with Gasteiger partial charge in [-0.2, -0.15) is 0 Å². The van der Waals surface area contributed by atoms with Crippen molar-refractivity contribution in [1.82, 2.24) is 9.62 Å². The van der Waals surface area contributed by atoms with Gasteiger partial charge in [0.05, 0.1) is 0 Å². The van der Waals surface area contributed by atoms with Gasteiger partial charge in [-0.3, -0.25) is 4.79 Å². The van der Waals surface area contributed by atoms with Crippen molar-refractivity contribution in [2.45, 2.75) is 50.7 Å². The Kier molecular flexibility index (Phi) is 6.42. The summed E-state index contributed by atoms with van der Waals surface area (Å²) in [5.74, 6) is -0.378. The van der Waals surface area contributed by atoms with Crippen LogP contribution in [0.1, 0.15) is 50.1 Å². The van der Waals surface area contributed by atoms with Crippen molar-refractivity contribution >= 4 is 15.9 Å². The third kappa shape index (κ3) is 4.86. The lowest BCUT2D eigenvalue weighted by atomic mass is 10.1. The average molecular weight is 316 g/mol. The van der Waals surface area contributed by atoms with Crippen LogP contribution in [0.3, 0.4) is 0 Å². The van der Waals surface area contributed by atoms with E-state index in [-0.39, 0.29) is 22.8 Å². The Bertz CT molecular complexity index is 563. The number of furan rings is 1. The lowest BCUT2D eigenvalue weighted by Gasteiger charge is -2.12. The molecule has 0 radical (unpaired) electrons. The van der Waals surface area contributed by atoms with Crippen molar-refractivity contribution in [3.63, 3.8) is 0 Å². The third-order valence-corrected chi connectivity index (χ3v) is 4.85. The highest BCUT2D eigenvalue weighted by molar-refractivity contribution is 7.88. The molecule has 1 aromatic rings. The number of sulfonamides is 1. The number of rotatable bonds is 8. The Labute approximate surface area is 126 Å². The zero-order valence-electron chi connectivity index (χ0n) is 13.0. The number of carbonyl (C=O) groups is 1. The second kappa shape index (κ2) is 7.61. The van der Waals surface area contributed by atoms with Crippen molar-refractivity contribution in [2.24, 2.45) is 0 Å². The number of nitrogens with one attached hydrogen (secondary N) is 1. The molecule has 1 aromatic heterocycles. The van der Waals surface area contributed by atoms with Gasteiger partial charge in [-0.25, -0.2) is 12.7 Å². The molecule has 0 spiro atoms. The first-order chi connectivity index (χ1) is 9.78. The first-order valence-corrected chi connectivity index (χ1v) is 8.56. The summed E-state index contributed by atoms with van der Waals surface area (Å²) in [5.41, 5.74) is 0. The summed E-state index contributed by atoms with van der Waals surface area (Å²) < 4.78 is 29.9. The molecule has 1 atom stereocenters. The minimum absolute atomic E-state index is 0.0118. The van der Waals surface area contributed by atoms with E-state index in [2.05, 4.69) is 12.2 Å². The molecule has 0 fully saturated rings. The Morgan fingerprint density at radius 2 is 2.00 bits per heavy atom. The molecule has 21 heavy (non-hydrogen) atoms. The van der Waals surface area contributed by atoms with Crippen LogP contribution in [0.4, 0.5) is 0 Å². The van der Waals surface area contributed by atoms with Gasteiger partial charge in [0.15, 0.2) is 5.76 Å². The van der Waals surface area contributed by atoms with Crippen molar-refractivity contribution in [3.05, 3.63) is 17.9 Å².